The Morgan fingerprint density at radius 2 is 2.23 bits per heavy atom. The van der Waals surface area contributed by atoms with Crippen molar-refractivity contribution in [1.82, 2.24) is 24.8 Å². The zero-order valence-corrected chi connectivity index (χ0v) is 12.5. The van der Waals surface area contributed by atoms with Crippen molar-refractivity contribution < 1.29 is 4.79 Å². The van der Waals surface area contributed by atoms with Gasteiger partial charge in [0.25, 0.3) is 5.91 Å². The van der Waals surface area contributed by atoms with Crippen LogP contribution in [0.5, 0.6) is 0 Å². The van der Waals surface area contributed by atoms with Crippen LogP contribution >= 0.6 is 0 Å². The third-order valence-corrected chi connectivity index (χ3v) is 4.05. The van der Waals surface area contributed by atoms with Crippen molar-refractivity contribution in [2.75, 3.05) is 26.2 Å². The maximum absolute atomic E-state index is 12.6. The Balaban J connectivity index is 1.79. The van der Waals surface area contributed by atoms with Crippen molar-refractivity contribution in [3.8, 4) is 0 Å². The van der Waals surface area contributed by atoms with Crippen LogP contribution in [0, 0.1) is 0 Å². The second kappa shape index (κ2) is 6.15. The molecule has 1 fully saturated rings. The summed E-state index contributed by atoms with van der Waals surface area (Å²) in [6.45, 7) is 5.07. The Bertz CT molecular complexity index is 674. The van der Waals surface area contributed by atoms with Gasteiger partial charge >= 0.3 is 0 Å². The predicted molar refractivity (Wildman–Crippen MR) is 81.5 cm³/mol. The van der Waals surface area contributed by atoms with E-state index in [-0.39, 0.29) is 17.5 Å². The number of carbonyl (C=O) groups excluding carboxylic acids is 1. The Kier molecular flexibility index (Phi) is 4.06. The minimum Gasteiger partial charge on any atom is -0.347 e. The first kappa shape index (κ1) is 14.5. The highest BCUT2D eigenvalue weighted by Gasteiger charge is 2.31. The van der Waals surface area contributed by atoms with Gasteiger partial charge in [-0.15, -0.1) is 0 Å². The molecule has 0 aliphatic carbocycles. The van der Waals surface area contributed by atoms with Crippen LogP contribution in [0.2, 0.25) is 0 Å². The summed E-state index contributed by atoms with van der Waals surface area (Å²) in [5.74, 6) is 0.810. The molecule has 7 heteroatoms. The highest BCUT2D eigenvalue weighted by atomic mass is 16.2. The zero-order valence-electron chi connectivity index (χ0n) is 12.5. The number of pyridine rings is 1. The quantitative estimate of drug-likeness (QED) is 0.870. The van der Waals surface area contributed by atoms with Crippen molar-refractivity contribution in [2.24, 2.45) is 0 Å². The fourth-order valence-electron chi connectivity index (χ4n) is 2.83. The number of nitrogens with one attached hydrogen (secondary N) is 2. The number of likely N-dealkylation sites (N-methyl/N-ethyl adjacent to an activating group) is 1. The fourth-order valence-corrected chi connectivity index (χ4v) is 2.83. The van der Waals surface area contributed by atoms with Gasteiger partial charge in [0.15, 0.2) is 0 Å². The van der Waals surface area contributed by atoms with Crippen LogP contribution in [-0.2, 0) is 0 Å². The number of hydrogen-bond acceptors (Lipinski definition) is 4. The minimum absolute atomic E-state index is 0.0661. The number of amides is 1. The summed E-state index contributed by atoms with van der Waals surface area (Å²) in [5, 5.41) is 0. The molecule has 2 N–H and O–H groups in total. The Labute approximate surface area is 128 Å². The zero-order chi connectivity index (χ0) is 15.5. The van der Waals surface area contributed by atoms with Gasteiger partial charge in [0.2, 0.25) is 5.56 Å². The molecule has 0 bridgehead atoms. The van der Waals surface area contributed by atoms with Gasteiger partial charge in [-0.1, -0.05) is 6.92 Å². The summed E-state index contributed by atoms with van der Waals surface area (Å²) in [4.78, 5) is 37.8. The van der Waals surface area contributed by atoms with Gasteiger partial charge in [0, 0.05) is 44.3 Å². The van der Waals surface area contributed by atoms with Gasteiger partial charge < -0.3 is 14.9 Å². The Morgan fingerprint density at radius 3 is 2.86 bits per heavy atom. The Hall–Kier alpha value is -2.41. The Morgan fingerprint density at radius 1 is 1.36 bits per heavy atom. The lowest BCUT2D eigenvalue weighted by molar-refractivity contribution is 0.0479. The van der Waals surface area contributed by atoms with E-state index in [1.54, 1.807) is 18.5 Å². The van der Waals surface area contributed by atoms with E-state index < -0.39 is 0 Å². The maximum atomic E-state index is 12.6. The SMILES string of the molecule is CCN1CCN(C(=O)c2ccc(=O)[nH]c2)CC1c1ncc[nH]1. The molecule has 0 radical (unpaired) electrons. The summed E-state index contributed by atoms with van der Waals surface area (Å²) < 4.78 is 0. The second-order valence-corrected chi connectivity index (χ2v) is 5.31. The lowest BCUT2D eigenvalue weighted by atomic mass is 10.1. The summed E-state index contributed by atoms with van der Waals surface area (Å²) in [6, 6.07) is 3.01. The molecule has 1 aliphatic rings. The van der Waals surface area contributed by atoms with E-state index in [9.17, 15) is 9.59 Å². The lowest BCUT2D eigenvalue weighted by Gasteiger charge is -2.40. The van der Waals surface area contributed by atoms with Crippen LogP contribution in [0.1, 0.15) is 29.1 Å². The number of aromatic nitrogens is 3. The van der Waals surface area contributed by atoms with E-state index >= 15 is 0 Å². The van der Waals surface area contributed by atoms with Gasteiger partial charge in [0.1, 0.15) is 5.82 Å². The number of imidazole rings is 1. The fraction of sp³-hybridized carbons (Fsp3) is 0.400. The molecule has 3 heterocycles. The largest absolute Gasteiger partial charge is 0.347 e. The van der Waals surface area contributed by atoms with Gasteiger partial charge in [-0.25, -0.2) is 4.98 Å². The molecule has 0 spiro atoms. The summed E-state index contributed by atoms with van der Waals surface area (Å²) in [7, 11) is 0. The second-order valence-electron chi connectivity index (χ2n) is 5.31. The molecule has 0 aromatic carbocycles. The number of H-pyrrole nitrogens is 2. The van der Waals surface area contributed by atoms with E-state index in [1.165, 1.54) is 12.3 Å². The molecule has 7 nitrogen and oxygen atoms in total. The van der Waals surface area contributed by atoms with Crippen LogP contribution in [0.25, 0.3) is 0 Å². The number of rotatable bonds is 3. The molecule has 2 aromatic rings. The third-order valence-electron chi connectivity index (χ3n) is 4.05. The van der Waals surface area contributed by atoms with Crippen molar-refractivity contribution in [3.05, 3.63) is 52.5 Å². The molecule has 1 amide bonds. The summed E-state index contributed by atoms with van der Waals surface area (Å²) in [5.41, 5.74) is 0.295. The van der Waals surface area contributed by atoms with Crippen LogP contribution < -0.4 is 5.56 Å². The molecule has 2 aromatic heterocycles. The van der Waals surface area contributed by atoms with Gasteiger partial charge in [-0.05, 0) is 12.6 Å². The van der Waals surface area contributed by atoms with Crippen LogP contribution in [0.3, 0.4) is 0 Å². The van der Waals surface area contributed by atoms with Crippen LogP contribution in [-0.4, -0.2) is 56.8 Å². The van der Waals surface area contributed by atoms with Gasteiger partial charge in [0.05, 0.1) is 11.6 Å². The smallest absolute Gasteiger partial charge is 0.255 e. The van der Waals surface area contributed by atoms with Crippen LogP contribution in [0.15, 0.2) is 35.5 Å². The molecule has 1 saturated heterocycles. The average Bonchev–Trinajstić information content (AvgIpc) is 3.08. The predicted octanol–water partition coefficient (Wildman–Crippen LogP) is 0.617. The first-order valence-corrected chi connectivity index (χ1v) is 7.40. The van der Waals surface area contributed by atoms with Crippen molar-refractivity contribution in [1.29, 1.82) is 0 Å². The number of aromatic amines is 2. The molecule has 0 saturated carbocycles. The van der Waals surface area contributed by atoms with E-state index in [0.717, 1.165) is 18.9 Å². The maximum Gasteiger partial charge on any atom is 0.255 e. The molecule has 22 heavy (non-hydrogen) atoms. The molecular formula is C15H19N5O2. The van der Waals surface area contributed by atoms with Crippen LogP contribution in [0.4, 0.5) is 0 Å². The number of hydrogen-bond donors (Lipinski definition) is 2. The summed E-state index contributed by atoms with van der Waals surface area (Å²) in [6.07, 6.45) is 5.00. The molecular weight excluding hydrogens is 282 g/mol. The summed E-state index contributed by atoms with van der Waals surface area (Å²) >= 11 is 0. The number of nitrogens with zero attached hydrogens (tertiary/aromatic N) is 3. The van der Waals surface area contributed by atoms with Crippen molar-refractivity contribution in [2.45, 2.75) is 13.0 Å². The number of carbonyl (C=O) groups is 1. The van der Waals surface area contributed by atoms with E-state index in [1.807, 2.05) is 4.90 Å². The van der Waals surface area contributed by atoms with Crippen molar-refractivity contribution in [3.63, 3.8) is 0 Å². The topological polar surface area (TPSA) is 85.1 Å². The van der Waals surface area contributed by atoms with E-state index in [0.29, 0.717) is 18.7 Å². The lowest BCUT2D eigenvalue weighted by Crippen LogP contribution is -2.50. The van der Waals surface area contributed by atoms with Gasteiger partial charge in [-0.2, -0.15) is 0 Å². The highest BCUT2D eigenvalue weighted by molar-refractivity contribution is 5.94. The minimum atomic E-state index is -0.208. The van der Waals surface area contributed by atoms with E-state index in [4.69, 9.17) is 0 Å². The number of piperazine rings is 1. The van der Waals surface area contributed by atoms with E-state index in [2.05, 4.69) is 26.8 Å². The first-order chi connectivity index (χ1) is 10.7. The first-order valence-electron chi connectivity index (χ1n) is 7.40. The normalized spacial score (nSPS) is 19.3. The standard InChI is InChI=1S/C15H19N5O2/c1-2-19-7-8-20(10-12(19)14-16-5-6-17-14)15(22)11-3-4-13(21)18-9-11/h3-6,9,12H,2,7-8,10H2,1H3,(H,16,17)(H,18,21). The monoisotopic (exact) mass is 301 g/mol. The molecule has 3 rings (SSSR count). The van der Waals surface area contributed by atoms with Crippen molar-refractivity contribution >= 4 is 5.91 Å². The third kappa shape index (κ3) is 2.80. The molecule has 1 aliphatic heterocycles. The highest BCUT2D eigenvalue weighted by Crippen LogP contribution is 2.23. The molecule has 1 atom stereocenters. The average molecular weight is 301 g/mol. The molecule has 1 unspecified atom stereocenters. The molecule has 116 valence electrons. The van der Waals surface area contributed by atoms with Gasteiger partial charge in [-0.3, -0.25) is 14.5 Å².